The zero-order valence-corrected chi connectivity index (χ0v) is 21.8. The first kappa shape index (κ1) is 28.0. The molecular weight excluding hydrogens is 555 g/mol. The summed E-state index contributed by atoms with van der Waals surface area (Å²) in [5.41, 5.74) is 1.21. The van der Waals surface area contributed by atoms with E-state index in [0.29, 0.717) is 0 Å². The molecule has 37 heavy (non-hydrogen) atoms. The number of hydrogen-bond donors (Lipinski definition) is 6. The Balaban J connectivity index is 1.55. The quantitative estimate of drug-likeness (QED) is 0.160. The molecule has 6 N–H and O–H groups in total. The summed E-state index contributed by atoms with van der Waals surface area (Å²) in [6.07, 6.45) is -4.73. The van der Waals surface area contributed by atoms with Crippen LogP contribution in [0.1, 0.15) is 31.2 Å². The van der Waals surface area contributed by atoms with Crippen LogP contribution in [0.15, 0.2) is 30.6 Å². The molecule has 17 heteroatoms. The first-order valence-corrected chi connectivity index (χ1v) is 15.2. The van der Waals surface area contributed by atoms with Crippen LogP contribution in [-0.2, 0) is 13.9 Å². The Morgan fingerprint density at radius 1 is 1.16 bits per heavy atom. The van der Waals surface area contributed by atoms with Crippen LogP contribution >= 0.6 is 26.6 Å². The summed E-state index contributed by atoms with van der Waals surface area (Å²) in [5.74, 6) is -1.31. The first-order chi connectivity index (χ1) is 17.2. The second kappa shape index (κ2) is 10.6. The molecule has 1 aliphatic rings. The molecule has 0 amide bonds. The summed E-state index contributed by atoms with van der Waals surface area (Å²) in [6.45, 7) is 1.82. The van der Waals surface area contributed by atoms with Crippen molar-refractivity contribution in [3.63, 3.8) is 0 Å². The zero-order valence-electron chi connectivity index (χ0n) is 19.3. The van der Waals surface area contributed by atoms with Gasteiger partial charge in [0.15, 0.2) is 23.2 Å². The van der Waals surface area contributed by atoms with Crippen molar-refractivity contribution in [1.29, 1.82) is 0 Å². The smallest absolute Gasteiger partial charge is 0.335 e. The number of fused-ring (bicyclic) bond motifs is 1. The van der Waals surface area contributed by atoms with Crippen molar-refractivity contribution in [2.24, 2.45) is 0 Å². The number of anilines is 1. The van der Waals surface area contributed by atoms with Crippen LogP contribution < -0.4 is 5.32 Å². The van der Waals surface area contributed by atoms with Gasteiger partial charge in [-0.3, -0.25) is 13.7 Å². The van der Waals surface area contributed by atoms with Gasteiger partial charge in [0, 0.05) is 6.16 Å². The van der Waals surface area contributed by atoms with Crippen LogP contribution in [-0.4, -0.2) is 74.8 Å². The van der Waals surface area contributed by atoms with Crippen molar-refractivity contribution in [2.75, 3.05) is 17.4 Å². The molecule has 0 aliphatic carbocycles. The molecule has 1 aliphatic heterocycles. The average molecular weight is 580 g/mol. The van der Waals surface area contributed by atoms with Gasteiger partial charge in [-0.15, -0.1) is 0 Å². The van der Waals surface area contributed by atoms with Crippen LogP contribution in [0.25, 0.3) is 11.2 Å². The van der Waals surface area contributed by atoms with Crippen molar-refractivity contribution < 1.29 is 43.2 Å². The molecule has 0 bridgehead atoms. The fourth-order valence-corrected chi connectivity index (χ4v) is 7.79. The van der Waals surface area contributed by atoms with Crippen LogP contribution in [0.3, 0.4) is 0 Å². The summed E-state index contributed by atoms with van der Waals surface area (Å²) < 4.78 is 43.6. The van der Waals surface area contributed by atoms with Crippen molar-refractivity contribution >= 4 is 43.5 Å². The number of aliphatic hydroxyl groups is 2. The predicted octanol–water partition coefficient (Wildman–Crippen LogP) is 2.21. The minimum atomic E-state index is -4.72. The molecule has 1 aromatic carbocycles. The second-order valence-electron chi connectivity index (χ2n) is 8.79. The summed E-state index contributed by atoms with van der Waals surface area (Å²) in [5, 5.41) is 24.1. The fourth-order valence-electron chi connectivity index (χ4n) is 4.10. The van der Waals surface area contributed by atoms with Gasteiger partial charge >= 0.3 is 7.60 Å². The Hall–Kier alpha value is -1.99. The molecule has 2 unspecified atom stereocenters. The molecule has 6 atom stereocenters. The SMILES string of the molecule is C[C@H](Nc1nc(Cl)nc2c1ncn2[C@@H]1O[C@H](CCP(=O)(O)CP(=O)(O)O)C(O)[C@@H]1O)c1ccc(F)cc1. The third-order valence-electron chi connectivity index (χ3n) is 5.90. The number of nitrogens with zero attached hydrogens (tertiary/aromatic N) is 4. The molecule has 1 fully saturated rings. The van der Waals surface area contributed by atoms with E-state index in [0.717, 1.165) is 5.56 Å². The van der Waals surface area contributed by atoms with Gasteiger partial charge in [-0.25, -0.2) is 9.37 Å². The number of imidazole rings is 1. The predicted molar refractivity (Wildman–Crippen MR) is 131 cm³/mol. The number of ether oxygens (including phenoxy) is 1. The largest absolute Gasteiger partial charge is 0.388 e. The minimum absolute atomic E-state index is 0.147. The summed E-state index contributed by atoms with van der Waals surface area (Å²) >= 11 is 6.13. The van der Waals surface area contributed by atoms with Gasteiger partial charge < -0.3 is 34.9 Å². The van der Waals surface area contributed by atoms with Crippen molar-refractivity contribution in [3.05, 3.63) is 47.3 Å². The van der Waals surface area contributed by atoms with Gasteiger partial charge in [0.1, 0.15) is 23.9 Å². The second-order valence-corrected chi connectivity index (χ2v) is 13.7. The third-order valence-corrected chi connectivity index (χ3v) is 10.3. The van der Waals surface area contributed by atoms with E-state index in [1.165, 1.54) is 23.0 Å². The number of aliphatic hydroxyl groups excluding tert-OH is 2. The van der Waals surface area contributed by atoms with E-state index in [1.807, 2.05) is 6.92 Å². The van der Waals surface area contributed by atoms with E-state index >= 15 is 0 Å². The Morgan fingerprint density at radius 2 is 1.84 bits per heavy atom. The molecule has 1 saturated heterocycles. The van der Waals surface area contributed by atoms with Crippen LogP contribution in [0.5, 0.6) is 0 Å². The number of hydrogen-bond acceptors (Lipinski definition) is 9. The number of benzene rings is 1. The van der Waals surface area contributed by atoms with Crippen molar-refractivity contribution in [1.82, 2.24) is 19.5 Å². The molecule has 0 saturated carbocycles. The summed E-state index contributed by atoms with van der Waals surface area (Å²) in [6, 6.07) is 5.56. The number of halogens is 2. The van der Waals surface area contributed by atoms with E-state index in [9.17, 15) is 28.6 Å². The maximum Gasteiger partial charge on any atom is 0.335 e. The lowest BCUT2D eigenvalue weighted by Crippen LogP contribution is -2.32. The van der Waals surface area contributed by atoms with Crippen molar-refractivity contribution in [3.8, 4) is 0 Å². The Morgan fingerprint density at radius 3 is 2.49 bits per heavy atom. The van der Waals surface area contributed by atoms with Crippen molar-refractivity contribution in [2.45, 2.75) is 43.9 Å². The molecule has 3 heterocycles. The van der Waals surface area contributed by atoms with E-state index in [2.05, 4.69) is 20.3 Å². The first-order valence-electron chi connectivity index (χ1n) is 11.0. The monoisotopic (exact) mass is 579 g/mol. The van der Waals surface area contributed by atoms with Crippen LogP contribution in [0.4, 0.5) is 10.2 Å². The third kappa shape index (κ3) is 6.54. The van der Waals surface area contributed by atoms with E-state index in [4.69, 9.17) is 26.1 Å². The Labute approximate surface area is 214 Å². The molecule has 2 aromatic heterocycles. The molecule has 202 valence electrons. The highest BCUT2D eigenvalue weighted by Crippen LogP contribution is 2.55. The fraction of sp³-hybridized carbons (Fsp3) is 0.450. The molecule has 4 rings (SSSR count). The summed E-state index contributed by atoms with van der Waals surface area (Å²) in [4.78, 5) is 40.5. The lowest BCUT2D eigenvalue weighted by atomic mass is 10.1. The zero-order chi connectivity index (χ0) is 27.1. The van der Waals surface area contributed by atoms with Crippen LogP contribution in [0.2, 0.25) is 5.28 Å². The Kier molecular flexibility index (Phi) is 8.06. The maximum absolute atomic E-state index is 13.3. The molecule has 3 aromatic rings. The molecule has 0 radical (unpaired) electrons. The normalized spacial score (nSPS) is 24.8. The standard InChI is InChI=1S/C20H25ClFN5O8P2/c1-10(11-2-4-12(22)5-3-11)24-17-14-18(26-20(21)25-17)27(8-23-14)19-16(29)15(28)13(35-19)6-7-36(30,31)9-37(32,33)34/h2-5,8,10,13,15-16,19,28-29H,6-7,9H2,1H3,(H,30,31)(H,24,25,26)(H2,32,33,34)/t10-,13+,15?,16-,19+/m0/s1. The van der Waals surface area contributed by atoms with Gasteiger partial charge in [-0.1, -0.05) is 12.1 Å². The van der Waals surface area contributed by atoms with E-state index < -0.39 is 51.6 Å². The highest BCUT2D eigenvalue weighted by Gasteiger charge is 2.45. The minimum Gasteiger partial charge on any atom is -0.388 e. The lowest BCUT2D eigenvalue weighted by molar-refractivity contribution is -0.0354. The highest BCUT2D eigenvalue weighted by molar-refractivity contribution is 7.72. The molecular formula is C20H25ClFN5O8P2. The van der Waals surface area contributed by atoms with E-state index in [-0.39, 0.29) is 40.5 Å². The molecule has 13 nitrogen and oxygen atoms in total. The maximum atomic E-state index is 13.3. The average Bonchev–Trinajstić information content (AvgIpc) is 3.32. The van der Waals surface area contributed by atoms with Gasteiger partial charge in [0.05, 0.1) is 18.5 Å². The van der Waals surface area contributed by atoms with Gasteiger partial charge in [-0.2, -0.15) is 9.97 Å². The van der Waals surface area contributed by atoms with E-state index in [1.54, 1.807) is 12.1 Å². The Bertz CT molecular complexity index is 1370. The van der Waals surface area contributed by atoms with Crippen LogP contribution in [0, 0.1) is 5.82 Å². The topological polar surface area (TPSA) is 200 Å². The molecule has 0 spiro atoms. The summed E-state index contributed by atoms with van der Waals surface area (Å²) in [7, 11) is -8.93. The number of aromatic nitrogens is 4. The highest BCUT2D eigenvalue weighted by atomic mass is 35.5. The van der Waals surface area contributed by atoms with Gasteiger partial charge in [-0.05, 0) is 42.6 Å². The number of rotatable bonds is 9. The lowest BCUT2D eigenvalue weighted by Gasteiger charge is -2.18. The number of nitrogens with one attached hydrogen (secondary N) is 1. The van der Waals surface area contributed by atoms with Gasteiger partial charge in [0.25, 0.3) is 0 Å². The van der Waals surface area contributed by atoms with Gasteiger partial charge in [0.2, 0.25) is 12.7 Å².